The number of fused-ring (bicyclic) bond motifs is 1. The van der Waals surface area contributed by atoms with Gasteiger partial charge in [-0.2, -0.15) is 4.31 Å². The number of carbonyl (C=O) groups is 1. The van der Waals surface area contributed by atoms with Gasteiger partial charge in [0.2, 0.25) is 10.0 Å². The van der Waals surface area contributed by atoms with Crippen molar-refractivity contribution >= 4 is 54.3 Å². The number of anilines is 3. The van der Waals surface area contributed by atoms with E-state index in [1.165, 1.54) is 33.6 Å². The summed E-state index contributed by atoms with van der Waals surface area (Å²) in [6.45, 7) is 3.17. The zero-order valence-corrected chi connectivity index (χ0v) is 29.3. The number of rotatable bonds is 10. The Bertz CT molecular complexity index is 2250. The summed E-state index contributed by atoms with van der Waals surface area (Å²) in [6.07, 6.45) is 4.75. The van der Waals surface area contributed by atoms with E-state index in [-0.39, 0.29) is 41.3 Å². The van der Waals surface area contributed by atoms with Gasteiger partial charge in [0.1, 0.15) is 16.5 Å². The summed E-state index contributed by atoms with van der Waals surface area (Å²) in [5.41, 5.74) is 3.38. The summed E-state index contributed by atoms with van der Waals surface area (Å²) in [6, 6.07) is 19.5. The van der Waals surface area contributed by atoms with Crippen LogP contribution in [0.15, 0.2) is 101 Å². The third-order valence-corrected chi connectivity index (χ3v) is 11.3. The van der Waals surface area contributed by atoms with E-state index in [1.807, 2.05) is 23.1 Å². The topological polar surface area (TPSA) is 167 Å². The first-order chi connectivity index (χ1) is 23.9. The first-order valence-corrected chi connectivity index (χ1v) is 18.7. The maximum absolute atomic E-state index is 13.9. The minimum atomic E-state index is -3.97. The average molecular weight is 717 g/mol. The first kappa shape index (κ1) is 34.5. The van der Waals surface area contributed by atoms with Crippen LogP contribution in [0, 0.1) is 0 Å². The van der Waals surface area contributed by atoms with Gasteiger partial charge in [-0.05, 0) is 61.0 Å². The lowest BCUT2D eigenvalue weighted by molar-refractivity contribution is 0.230. The zero-order chi connectivity index (χ0) is 35.5. The van der Waals surface area contributed by atoms with Crippen LogP contribution in [0.25, 0.3) is 22.2 Å². The van der Waals surface area contributed by atoms with Crippen molar-refractivity contribution in [1.29, 1.82) is 0 Å². The van der Waals surface area contributed by atoms with Gasteiger partial charge in [-0.3, -0.25) is 14.7 Å². The van der Waals surface area contributed by atoms with Crippen LogP contribution >= 0.6 is 0 Å². The summed E-state index contributed by atoms with van der Waals surface area (Å²) in [7, 11) is -4.57. The fraction of sp³-hybridized carbons (Fsp3) is 0.235. The number of nitrogens with one attached hydrogen (secondary N) is 2. The smallest absolute Gasteiger partial charge is 0.321 e. The number of hydrogen-bond donors (Lipinski definition) is 2. The highest BCUT2D eigenvalue weighted by molar-refractivity contribution is 7.92. The van der Waals surface area contributed by atoms with Crippen molar-refractivity contribution in [3.63, 3.8) is 0 Å². The van der Waals surface area contributed by atoms with Crippen LogP contribution in [0.5, 0.6) is 5.75 Å². The summed E-state index contributed by atoms with van der Waals surface area (Å²) in [5, 5.41) is 2.70. The number of sulfonamides is 2. The molecule has 0 saturated carbocycles. The predicted octanol–water partition coefficient (Wildman–Crippen LogP) is 4.50. The molecule has 3 aromatic carbocycles. The quantitative estimate of drug-likeness (QED) is 0.210. The van der Waals surface area contributed by atoms with Crippen LogP contribution in [0.2, 0.25) is 0 Å². The van der Waals surface area contributed by atoms with Gasteiger partial charge < -0.3 is 19.9 Å². The van der Waals surface area contributed by atoms with Crippen molar-refractivity contribution in [2.75, 3.05) is 61.8 Å². The molecule has 14 nitrogen and oxygen atoms in total. The fourth-order valence-corrected chi connectivity index (χ4v) is 8.03. The molecule has 2 aromatic heterocycles. The van der Waals surface area contributed by atoms with Gasteiger partial charge in [0.15, 0.2) is 0 Å². The number of hydrogen-bond acceptors (Lipinski definition) is 10. The normalized spacial score (nSPS) is 13.9. The summed E-state index contributed by atoms with van der Waals surface area (Å²) >= 11 is 0. The van der Waals surface area contributed by atoms with Crippen LogP contribution in [0.4, 0.5) is 22.0 Å². The molecule has 0 spiro atoms. The lowest BCUT2D eigenvalue weighted by Crippen LogP contribution is -2.49. The molecule has 0 bridgehead atoms. The molecule has 1 saturated heterocycles. The molecule has 2 amide bonds. The van der Waals surface area contributed by atoms with E-state index in [2.05, 4.69) is 20.0 Å². The molecule has 1 aliphatic heterocycles. The van der Waals surface area contributed by atoms with Gasteiger partial charge >= 0.3 is 6.03 Å². The monoisotopic (exact) mass is 716 g/mol. The second-order valence-electron chi connectivity index (χ2n) is 11.6. The molecule has 0 radical (unpaired) electrons. The van der Waals surface area contributed by atoms with Crippen molar-refractivity contribution < 1.29 is 26.4 Å². The van der Waals surface area contributed by atoms with E-state index in [0.29, 0.717) is 46.9 Å². The van der Waals surface area contributed by atoms with Crippen molar-refractivity contribution in [2.45, 2.75) is 16.7 Å². The predicted molar refractivity (Wildman–Crippen MR) is 191 cm³/mol. The number of urea groups is 1. The van der Waals surface area contributed by atoms with Gasteiger partial charge in [-0.25, -0.2) is 26.6 Å². The molecule has 260 valence electrons. The third kappa shape index (κ3) is 7.46. The highest BCUT2D eigenvalue weighted by atomic mass is 32.2. The number of pyridine rings is 1. The number of ether oxygens (including phenoxy) is 1. The standard InChI is InChI=1S/C34H36N8O6S2/c1-4-48-31-13-11-26(37-34(43)40(2)3)20-32(31)50(46,47)42-16-14-41(15-17-42)33-23-36-29-12-10-24(19-30(29)38-33)25-18-27(22-35-21-25)39-49(44,45)28-8-6-5-7-9-28/h5-13,18-23,39H,4,14-17H2,1-3H3,(H,37,43). The molecule has 16 heteroatoms. The maximum atomic E-state index is 13.9. The zero-order valence-electron chi connectivity index (χ0n) is 27.6. The minimum Gasteiger partial charge on any atom is -0.492 e. The van der Waals surface area contributed by atoms with E-state index in [1.54, 1.807) is 69.8 Å². The molecule has 3 heterocycles. The number of amides is 2. The van der Waals surface area contributed by atoms with Gasteiger partial charge in [0.25, 0.3) is 10.0 Å². The lowest BCUT2D eigenvalue weighted by atomic mass is 10.1. The van der Waals surface area contributed by atoms with Gasteiger partial charge in [0, 0.05) is 57.7 Å². The molecule has 50 heavy (non-hydrogen) atoms. The van der Waals surface area contributed by atoms with Crippen LogP contribution in [-0.2, 0) is 20.0 Å². The van der Waals surface area contributed by atoms with E-state index in [0.717, 1.165) is 5.56 Å². The number of nitrogens with zero attached hydrogens (tertiary/aromatic N) is 6. The van der Waals surface area contributed by atoms with Crippen LogP contribution in [-0.4, -0.2) is 93.9 Å². The Morgan fingerprint density at radius 1 is 0.840 bits per heavy atom. The Kier molecular flexibility index (Phi) is 9.86. The molecule has 2 N–H and O–H groups in total. The number of benzene rings is 3. The van der Waals surface area contributed by atoms with Gasteiger partial charge in [-0.1, -0.05) is 24.3 Å². The van der Waals surface area contributed by atoms with E-state index in [4.69, 9.17) is 9.72 Å². The highest BCUT2D eigenvalue weighted by Crippen LogP contribution is 2.32. The number of aromatic nitrogens is 3. The van der Waals surface area contributed by atoms with Crippen molar-refractivity contribution in [1.82, 2.24) is 24.2 Å². The van der Waals surface area contributed by atoms with Crippen molar-refractivity contribution in [3.8, 4) is 16.9 Å². The maximum Gasteiger partial charge on any atom is 0.321 e. The molecule has 0 unspecified atom stereocenters. The summed E-state index contributed by atoms with van der Waals surface area (Å²) < 4.78 is 63.0. The van der Waals surface area contributed by atoms with Crippen molar-refractivity contribution in [3.05, 3.63) is 91.4 Å². The largest absolute Gasteiger partial charge is 0.492 e. The Morgan fingerprint density at radius 2 is 1.60 bits per heavy atom. The highest BCUT2D eigenvalue weighted by Gasteiger charge is 2.32. The number of carbonyl (C=O) groups excluding carboxylic acids is 1. The van der Waals surface area contributed by atoms with E-state index in [9.17, 15) is 21.6 Å². The second kappa shape index (κ2) is 14.3. The Morgan fingerprint density at radius 3 is 2.32 bits per heavy atom. The van der Waals surface area contributed by atoms with Crippen LogP contribution in [0.1, 0.15) is 6.92 Å². The molecule has 6 rings (SSSR count). The summed E-state index contributed by atoms with van der Waals surface area (Å²) in [4.78, 5) is 29.3. The molecular formula is C34H36N8O6S2. The average Bonchev–Trinajstić information content (AvgIpc) is 3.12. The molecular weight excluding hydrogens is 681 g/mol. The SMILES string of the molecule is CCOc1ccc(NC(=O)N(C)C)cc1S(=O)(=O)N1CCN(c2cnc3ccc(-c4cncc(NS(=O)(=O)c5ccccc5)c4)cc3n2)CC1. The Hall–Kier alpha value is -5.32. The summed E-state index contributed by atoms with van der Waals surface area (Å²) in [5.74, 6) is 0.806. The molecule has 5 aromatic rings. The van der Waals surface area contributed by atoms with E-state index >= 15 is 0 Å². The molecule has 1 fully saturated rings. The molecule has 0 atom stereocenters. The lowest BCUT2D eigenvalue weighted by Gasteiger charge is -2.34. The molecule has 0 aliphatic carbocycles. The van der Waals surface area contributed by atoms with Crippen LogP contribution in [0.3, 0.4) is 0 Å². The fourth-order valence-electron chi connectivity index (χ4n) is 5.40. The van der Waals surface area contributed by atoms with Gasteiger partial charge in [-0.15, -0.1) is 0 Å². The van der Waals surface area contributed by atoms with Crippen molar-refractivity contribution in [2.24, 2.45) is 0 Å². The second-order valence-corrected chi connectivity index (χ2v) is 15.2. The number of piperazine rings is 1. The van der Waals surface area contributed by atoms with Crippen LogP contribution < -0.4 is 19.7 Å². The van der Waals surface area contributed by atoms with E-state index < -0.39 is 20.0 Å². The third-order valence-electron chi connectivity index (χ3n) is 7.99. The Balaban J connectivity index is 1.18. The van der Waals surface area contributed by atoms with Gasteiger partial charge in [0.05, 0.1) is 40.6 Å². The Labute approximate surface area is 290 Å². The first-order valence-electron chi connectivity index (χ1n) is 15.7. The minimum absolute atomic E-state index is 0.0196. The molecule has 1 aliphatic rings.